The summed E-state index contributed by atoms with van der Waals surface area (Å²) in [6.45, 7) is 0.478. The van der Waals surface area contributed by atoms with Crippen molar-refractivity contribution in [1.29, 1.82) is 0 Å². The fourth-order valence-electron chi connectivity index (χ4n) is 4.67. The summed E-state index contributed by atoms with van der Waals surface area (Å²) in [4.78, 5) is 45.9. The molecule has 204 valence electrons. The van der Waals surface area contributed by atoms with Gasteiger partial charge in [-0.25, -0.2) is 9.59 Å². The van der Waals surface area contributed by atoms with Crippen LogP contribution in [0.3, 0.4) is 0 Å². The predicted molar refractivity (Wildman–Crippen MR) is 146 cm³/mol. The Labute approximate surface area is 228 Å². The van der Waals surface area contributed by atoms with Gasteiger partial charge in [-0.3, -0.25) is 9.78 Å². The summed E-state index contributed by atoms with van der Waals surface area (Å²) in [5, 5.41) is 14.1. The molecule has 9 heteroatoms. The van der Waals surface area contributed by atoms with Crippen LogP contribution in [-0.2, 0) is 22.6 Å². The molecule has 0 saturated carbocycles. The number of carbonyl (C=O) groups is 3. The molecule has 3 aromatic rings. The Hall–Kier alpha value is -4.24. The van der Waals surface area contributed by atoms with E-state index in [4.69, 9.17) is 4.74 Å². The van der Waals surface area contributed by atoms with E-state index in [1.54, 1.807) is 49.8 Å². The van der Waals surface area contributed by atoms with Crippen LogP contribution in [-0.4, -0.2) is 76.1 Å². The van der Waals surface area contributed by atoms with Gasteiger partial charge in [-0.15, -0.1) is 0 Å². The van der Waals surface area contributed by atoms with E-state index >= 15 is 0 Å². The van der Waals surface area contributed by atoms with Gasteiger partial charge in [0.1, 0.15) is 12.6 Å². The molecule has 2 N–H and O–H groups in total. The summed E-state index contributed by atoms with van der Waals surface area (Å²) in [5.74, 6) is -0.767. The van der Waals surface area contributed by atoms with Crippen LogP contribution < -0.4 is 5.32 Å². The molecule has 0 spiro atoms. The van der Waals surface area contributed by atoms with Crippen LogP contribution in [0.1, 0.15) is 34.3 Å². The number of nitrogens with zero attached hydrogens (tertiary/aromatic N) is 3. The van der Waals surface area contributed by atoms with Crippen molar-refractivity contribution >= 4 is 17.9 Å². The number of rotatable bonds is 10. The van der Waals surface area contributed by atoms with Crippen molar-refractivity contribution in [1.82, 2.24) is 20.1 Å². The largest absolute Gasteiger partial charge is 0.459 e. The minimum Gasteiger partial charge on any atom is -0.459 e. The number of aromatic nitrogens is 1. The lowest BCUT2D eigenvalue weighted by Crippen LogP contribution is -2.53. The summed E-state index contributed by atoms with van der Waals surface area (Å²) in [5.41, 5.74) is 2.20. The average molecular weight is 531 g/mol. The molecule has 2 aromatic carbocycles. The molecule has 3 atom stereocenters. The molecule has 9 nitrogen and oxygen atoms in total. The molecule has 4 rings (SSSR count). The normalized spacial score (nSPS) is 16.3. The molecule has 3 amide bonds. The number of hydrogen-bond acceptors (Lipinski definition) is 6. The number of aliphatic hydroxyl groups is 1. The van der Waals surface area contributed by atoms with E-state index in [1.807, 2.05) is 42.5 Å². The summed E-state index contributed by atoms with van der Waals surface area (Å²) >= 11 is 0. The number of benzene rings is 2. The zero-order chi connectivity index (χ0) is 27.6. The molecule has 0 aliphatic carbocycles. The minimum atomic E-state index is -1.05. The molecule has 1 fully saturated rings. The number of esters is 1. The Morgan fingerprint density at radius 2 is 1.74 bits per heavy atom. The van der Waals surface area contributed by atoms with Crippen LogP contribution in [0.2, 0.25) is 0 Å². The van der Waals surface area contributed by atoms with Gasteiger partial charge in [-0.1, -0.05) is 54.6 Å². The predicted octanol–water partition coefficient (Wildman–Crippen LogP) is 3.04. The topological polar surface area (TPSA) is 112 Å². The second kappa shape index (κ2) is 13.5. The maximum absolute atomic E-state index is 13.3. The number of urea groups is 1. The van der Waals surface area contributed by atoms with E-state index in [9.17, 15) is 19.5 Å². The number of likely N-dealkylation sites (N-methyl/N-ethyl adjacent to an activating group) is 1. The highest BCUT2D eigenvalue weighted by Crippen LogP contribution is 2.21. The number of carbonyl (C=O) groups excluding carboxylic acids is 3. The lowest BCUT2D eigenvalue weighted by atomic mass is 10.00. The molecule has 0 radical (unpaired) electrons. The van der Waals surface area contributed by atoms with E-state index in [2.05, 4.69) is 10.3 Å². The number of nitrogens with one attached hydrogen (secondary N) is 1. The molecule has 1 unspecified atom stereocenters. The molecular weight excluding hydrogens is 496 g/mol. The van der Waals surface area contributed by atoms with Gasteiger partial charge < -0.3 is 25.0 Å². The van der Waals surface area contributed by atoms with Crippen LogP contribution >= 0.6 is 0 Å². The van der Waals surface area contributed by atoms with Gasteiger partial charge in [0, 0.05) is 37.1 Å². The number of amides is 3. The fourth-order valence-corrected chi connectivity index (χ4v) is 4.67. The number of pyridine rings is 1. The SMILES string of the molecule is CN(CC(O)[C@H](Cc1ccccc1)NC(=O)c1ccccc1)C(=O)N1CCC[C@H]1C(=O)OCc1cccnc1. The lowest BCUT2D eigenvalue weighted by Gasteiger charge is -2.32. The van der Waals surface area contributed by atoms with E-state index in [0.717, 1.165) is 11.1 Å². The van der Waals surface area contributed by atoms with E-state index < -0.39 is 24.2 Å². The van der Waals surface area contributed by atoms with Crippen molar-refractivity contribution in [2.45, 2.75) is 44.1 Å². The fraction of sp³-hybridized carbons (Fsp3) is 0.333. The third-order valence-electron chi connectivity index (χ3n) is 6.78. The lowest BCUT2D eigenvalue weighted by molar-refractivity contribution is -0.149. The molecule has 1 aliphatic heterocycles. The smallest absolute Gasteiger partial charge is 0.329 e. The van der Waals surface area contributed by atoms with Gasteiger partial charge >= 0.3 is 12.0 Å². The first kappa shape index (κ1) is 27.8. The van der Waals surface area contributed by atoms with Gasteiger partial charge in [-0.05, 0) is 43.0 Å². The molecule has 39 heavy (non-hydrogen) atoms. The number of likely N-dealkylation sites (tertiary alicyclic amines) is 1. The molecule has 1 aromatic heterocycles. The minimum absolute atomic E-state index is 0.0284. The third-order valence-corrected chi connectivity index (χ3v) is 6.78. The standard InChI is InChI=1S/C30H34N4O5/c1-33(30(38)34-17-9-15-26(34)29(37)39-21-23-12-8-16-31-19-23)20-27(35)25(18-22-10-4-2-5-11-22)32-28(36)24-13-6-3-7-14-24/h2-8,10-14,16,19,25-27,35H,9,15,17-18,20-21H2,1H3,(H,32,36)/t25-,26-,27?/m0/s1. The molecule has 2 heterocycles. The first-order valence-electron chi connectivity index (χ1n) is 13.1. The van der Waals surface area contributed by atoms with Crippen LogP contribution in [0.5, 0.6) is 0 Å². The van der Waals surface area contributed by atoms with Crippen molar-refractivity contribution in [3.63, 3.8) is 0 Å². The first-order valence-corrected chi connectivity index (χ1v) is 13.1. The summed E-state index contributed by atoms with van der Waals surface area (Å²) in [6, 6.07) is 20.2. The quantitative estimate of drug-likeness (QED) is 0.390. The molecule has 1 aliphatic rings. The highest BCUT2D eigenvalue weighted by molar-refractivity contribution is 5.94. The summed E-state index contributed by atoms with van der Waals surface area (Å²) in [6.07, 6.45) is 3.80. The Morgan fingerprint density at radius 3 is 2.44 bits per heavy atom. The van der Waals surface area contributed by atoms with Crippen molar-refractivity contribution in [3.05, 3.63) is 102 Å². The average Bonchev–Trinajstić information content (AvgIpc) is 3.47. The number of hydrogen-bond donors (Lipinski definition) is 2. The summed E-state index contributed by atoms with van der Waals surface area (Å²) < 4.78 is 5.46. The van der Waals surface area contributed by atoms with Crippen molar-refractivity contribution in [2.75, 3.05) is 20.1 Å². The second-order valence-electron chi connectivity index (χ2n) is 9.69. The highest BCUT2D eigenvalue weighted by atomic mass is 16.5. The van der Waals surface area contributed by atoms with E-state index in [-0.39, 0.29) is 25.1 Å². The highest BCUT2D eigenvalue weighted by Gasteiger charge is 2.37. The second-order valence-corrected chi connectivity index (χ2v) is 9.69. The maximum Gasteiger partial charge on any atom is 0.329 e. The van der Waals surface area contributed by atoms with Crippen molar-refractivity contribution in [3.8, 4) is 0 Å². The van der Waals surface area contributed by atoms with Gasteiger partial charge in [-0.2, -0.15) is 0 Å². The molecular formula is C30H34N4O5. The Bertz CT molecular complexity index is 1230. The zero-order valence-electron chi connectivity index (χ0n) is 22.0. The monoisotopic (exact) mass is 530 g/mol. The maximum atomic E-state index is 13.3. The molecule has 0 bridgehead atoms. The molecule has 1 saturated heterocycles. The van der Waals surface area contributed by atoms with E-state index in [0.29, 0.717) is 31.4 Å². The van der Waals surface area contributed by atoms with Crippen molar-refractivity contribution in [2.24, 2.45) is 0 Å². The van der Waals surface area contributed by atoms with Crippen LogP contribution in [0.25, 0.3) is 0 Å². The van der Waals surface area contributed by atoms with Crippen LogP contribution in [0.4, 0.5) is 4.79 Å². The van der Waals surface area contributed by atoms with Gasteiger partial charge in [0.05, 0.1) is 18.7 Å². The Kier molecular flexibility index (Phi) is 9.64. The number of aliphatic hydroxyl groups excluding tert-OH is 1. The summed E-state index contributed by atoms with van der Waals surface area (Å²) in [7, 11) is 1.58. The van der Waals surface area contributed by atoms with Crippen LogP contribution in [0.15, 0.2) is 85.2 Å². The third kappa shape index (κ3) is 7.64. The van der Waals surface area contributed by atoms with Crippen LogP contribution in [0, 0.1) is 0 Å². The van der Waals surface area contributed by atoms with Gasteiger partial charge in [0.2, 0.25) is 0 Å². The Morgan fingerprint density at radius 1 is 1.05 bits per heavy atom. The first-order chi connectivity index (χ1) is 18.9. The van der Waals surface area contributed by atoms with Crippen molar-refractivity contribution < 1.29 is 24.2 Å². The Balaban J connectivity index is 1.39. The van der Waals surface area contributed by atoms with Gasteiger partial charge in [0.15, 0.2) is 0 Å². The zero-order valence-corrected chi connectivity index (χ0v) is 22.0. The van der Waals surface area contributed by atoms with E-state index in [1.165, 1.54) is 9.80 Å². The number of ether oxygens (including phenoxy) is 1. The van der Waals surface area contributed by atoms with Gasteiger partial charge in [0.25, 0.3) is 5.91 Å².